The maximum Gasteiger partial charge on any atom is 0.351 e. The molecule has 8 heteroatoms. The van der Waals surface area contributed by atoms with E-state index in [1.165, 1.54) is 12.1 Å². The Kier molecular flexibility index (Phi) is 5.35. The standard InChI is InChI=1S/C23H31NO7/c1-8-29-14-9-10-16(24(27)28)15(13-14)17(20(2,3)4)30-19(26)23-12-11-22(7,18(25)31-23)21(23,5)6/h9-10,13,17H,8,11-12H2,1-7H3/t17-,22+,23-/m1/s1. The van der Waals surface area contributed by atoms with Crippen molar-refractivity contribution in [3.8, 4) is 5.75 Å². The van der Waals surface area contributed by atoms with Crippen LogP contribution in [0.4, 0.5) is 5.69 Å². The summed E-state index contributed by atoms with van der Waals surface area (Å²) >= 11 is 0. The lowest BCUT2D eigenvalue weighted by atomic mass is 9.66. The largest absolute Gasteiger partial charge is 0.494 e. The highest BCUT2D eigenvalue weighted by atomic mass is 16.6. The van der Waals surface area contributed by atoms with Gasteiger partial charge in [-0.3, -0.25) is 14.9 Å². The van der Waals surface area contributed by atoms with E-state index in [4.69, 9.17) is 14.2 Å². The van der Waals surface area contributed by atoms with Crippen LogP contribution in [-0.2, 0) is 19.1 Å². The van der Waals surface area contributed by atoms with Crippen molar-refractivity contribution in [2.24, 2.45) is 16.2 Å². The first-order valence-electron chi connectivity index (χ1n) is 10.6. The fourth-order valence-electron chi connectivity index (χ4n) is 4.78. The number of esters is 2. The van der Waals surface area contributed by atoms with E-state index >= 15 is 0 Å². The van der Waals surface area contributed by atoms with E-state index < -0.39 is 44.8 Å². The van der Waals surface area contributed by atoms with E-state index in [9.17, 15) is 19.7 Å². The molecule has 1 heterocycles. The fraction of sp³-hybridized carbons (Fsp3) is 0.652. The molecule has 170 valence electrons. The molecule has 1 saturated carbocycles. The summed E-state index contributed by atoms with van der Waals surface area (Å²) in [6, 6.07) is 4.43. The van der Waals surface area contributed by atoms with Crippen molar-refractivity contribution in [2.75, 3.05) is 6.61 Å². The molecule has 1 aliphatic carbocycles. The number of hydrogen-bond donors (Lipinski definition) is 0. The van der Waals surface area contributed by atoms with E-state index in [-0.39, 0.29) is 11.3 Å². The van der Waals surface area contributed by atoms with Crippen LogP contribution in [0.3, 0.4) is 0 Å². The highest BCUT2D eigenvalue weighted by Gasteiger charge is 2.76. The molecule has 3 rings (SSSR count). The van der Waals surface area contributed by atoms with Crippen LogP contribution in [0.2, 0.25) is 0 Å². The Balaban J connectivity index is 2.05. The third kappa shape index (κ3) is 3.27. The van der Waals surface area contributed by atoms with E-state index in [1.807, 2.05) is 48.5 Å². The zero-order valence-electron chi connectivity index (χ0n) is 19.2. The van der Waals surface area contributed by atoms with Crippen molar-refractivity contribution in [1.82, 2.24) is 0 Å². The zero-order valence-corrected chi connectivity index (χ0v) is 19.2. The molecule has 1 saturated heterocycles. The summed E-state index contributed by atoms with van der Waals surface area (Å²) in [5.41, 5.74) is -3.53. The maximum absolute atomic E-state index is 13.6. The van der Waals surface area contributed by atoms with Gasteiger partial charge in [0.15, 0.2) is 0 Å². The van der Waals surface area contributed by atoms with Gasteiger partial charge >= 0.3 is 11.9 Å². The Hall–Kier alpha value is -2.64. The van der Waals surface area contributed by atoms with Gasteiger partial charge in [-0.1, -0.05) is 34.6 Å². The first-order chi connectivity index (χ1) is 14.2. The van der Waals surface area contributed by atoms with Crippen molar-refractivity contribution < 1.29 is 28.7 Å². The van der Waals surface area contributed by atoms with E-state index in [0.717, 1.165) is 0 Å². The SMILES string of the molecule is CCOc1ccc([N+](=O)[O-])c([C@@H](OC(=O)[C@@]23CC[C@@](C)(C(=O)O2)C3(C)C)C(C)(C)C)c1. The quantitative estimate of drug-likeness (QED) is 0.362. The average molecular weight is 434 g/mol. The van der Waals surface area contributed by atoms with Crippen molar-refractivity contribution in [3.63, 3.8) is 0 Å². The minimum atomic E-state index is -1.41. The van der Waals surface area contributed by atoms with Gasteiger partial charge in [0.1, 0.15) is 11.9 Å². The van der Waals surface area contributed by atoms with Gasteiger partial charge in [0, 0.05) is 16.9 Å². The summed E-state index contributed by atoms with van der Waals surface area (Å²) in [6.45, 7) is 13.2. The van der Waals surface area contributed by atoms with Gasteiger partial charge in [-0.2, -0.15) is 0 Å². The van der Waals surface area contributed by atoms with Crippen LogP contribution in [0.15, 0.2) is 18.2 Å². The third-order valence-electron chi connectivity index (χ3n) is 7.21. The van der Waals surface area contributed by atoms with Gasteiger partial charge < -0.3 is 14.2 Å². The van der Waals surface area contributed by atoms with Crippen LogP contribution in [0.25, 0.3) is 0 Å². The van der Waals surface area contributed by atoms with Crippen LogP contribution in [0.5, 0.6) is 5.75 Å². The lowest BCUT2D eigenvalue weighted by Crippen LogP contribution is -2.49. The predicted octanol–water partition coefficient (Wildman–Crippen LogP) is 4.75. The van der Waals surface area contributed by atoms with Gasteiger partial charge in [0.05, 0.1) is 22.5 Å². The number of hydrogen-bond acceptors (Lipinski definition) is 7. The lowest BCUT2D eigenvalue weighted by Gasteiger charge is -2.38. The number of carbonyl (C=O) groups excluding carboxylic acids is 2. The topological polar surface area (TPSA) is 105 Å². The molecule has 0 unspecified atom stereocenters. The van der Waals surface area contributed by atoms with Gasteiger partial charge in [0.2, 0.25) is 5.60 Å². The molecule has 0 radical (unpaired) electrons. The molecule has 2 bridgehead atoms. The fourth-order valence-corrected chi connectivity index (χ4v) is 4.78. The summed E-state index contributed by atoms with van der Waals surface area (Å²) < 4.78 is 17.2. The number of rotatable bonds is 6. The summed E-state index contributed by atoms with van der Waals surface area (Å²) in [6.07, 6.45) is -0.0650. The Bertz CT molecular complexity index is 932. The summed E-state index contributed by atoms with van der Waals surface area (Å²) in [4.78, 5) is 37.3. The molecule has 0 aromatic heterocycles. The molecule has 0 amide bonds. The Labute approximate surface area is 182 Å². The molecule has 1 aromatic carbocycles. The van der Waals surface area contributed by atoms with Gasteiger partial charge in [-0.15, -0.1) is 0 Å². The summed E-state index contributed by atoms with van der Waals surface area (Å²) in [5, 5.41) is 11.7. The average Bonchev–Trinajstić information content (AvgIpc) is 2.95. The van der Waals surface area contributed by atoms with Crippen molar-refractivity contribution >= 4 is 17.6 Å². The maximum atomic E-state index is 13.6. The molecule has 1 aliphatic heterocycles. The lowest BCUT2D eigenvalue weighted by molar-refractivity contribution is -0.386. The number of nitrogens with zero attached hydrogens (tertiary/aromatic N) is 1. The number of benzene rings is 1. The molecule has 0 spiro atoms. The van der Waals surface area contributed by atoms with E-state index in [0.29, 0.717) is 25.2 Å². The van der Waals surface area contributed by atoms with Gasteiger partial charge in [0.25, 0.3) is 5.69 Å². The summed E-state index contributed by atoms with van der Waals surface area (Å²) in [5.74, 6) is -0.618. The Morgan fingerprint density at radius 2 is 1.90 bits per heavy atom. The highest BCUT2D eigenvalue weighted by molar-refractivity contribution is 5.93. The molecular formula is C23H31NO7. The van der Waals surface area contributed by atoms with Crippen LogP contribution >= 0.6 is 0 Å². The van der Waals surface area contributed by atoms with Crippen LogP contribution in [-0.4, -0.2) is 29.1 Å². The number of fused-ring (bicyclic) bond motifs is 2. The van der Waals surface area contributed by atoms with Crippen molar-refractivity contribution in [1.29, 1.82) is 0 Å². The molecule has 2 fully saturated rings. The van der Waals surface area contributed by atoms with E-state index in [2.05, 4.69) is 0 Å². The van der Waals surface area contributed by atoms with Crippen LogP contribution in [0.1, 0.15) is 73.0 Å². The first-order valence-corrected chi connectivity index (χ1v) is 10.6. The molecule has 3 atom stereocenters. The Morgan fingerprint density at radius 1 is 1.26 bits per heavy atom. The zero-order chi connectivity index (χ0) is 23.4. The van der Waals surface area contributed by atoms with Crippen molar-refractivity contribution in [3.05, 3.63) is 33.9 Å². The molecule has 2 aliphatic rings. The molecular weight excluding hydrogens is 402 g/mol. The molecule has 8 nitrogen and oxygen atoms in total. The second kappa shape index (κ2) is 7.21. The molecule has 0 N–H and O–H groups in total. The minimum Gasteiger partial charge on any atom is -0.494 e. The molecule has 31 heavy (non-hydrogen) atoms. The van der Waals surface area contributed by atoms with Crippen molar-refractivity contribution in [2.45, 2.75) is 73.0 Å². The highest BCUT2D eigenvalue weighted by Crippen LogP contribution is 2.66. The summed E-state index contributed by atoms with van der Waals surface area (Å²) in [7, 11) is 0. The normalized spacial score (nSPS) is 27.5. The van der Waals surface area contributed by atoms with Crippen LogP contribution in [0, 0.1) is 26.4 Å². The molecule has 1 aromatic rings. The van der Waals surface area contributed by atoms with Gasteiger partial charge in [-0.05, 0) is 38.8 Å². The predicted molar refractivity (Wildman–Crippen MR) is 112 cm³/mol. The second-order valence-corrected chi connectivity index (χ2v) is 10.2. The van der Waals surface area contributed by atoms with E-state index in [1.54, 1.807) is 6.07 Å². The number of carbonyl (C=O) groups is 2. The second-order valence-electron chi connectivity index (χ2n) is 10.2. The Morgan fingerprint density at radius 3 is 2.35 bits per heavy atom. The van der Waals surface area contributed by atoms with Crippen LogP contribution < -0.4 is 4.74 Å². The minimum absolute atomic E-state index is 0.160. The number of ether oxygens (including phenoxy) is 3. The third-order valence-corrected chi connectivity index (χ3v) is 7.21. The number of nitro groups is 1. The number of nitro benzene ring substituents is 1. The van der Waals surface area contributed by atoms with Gasteiger partial charge in [-0.25, -0.2) is 4.79 Å². The smallest absolute Gasteiger partial charge is 0.351 e. The first kappa shape index (κ1) is 23.0. The monoisotopic (exact) mass is 433 g/mol.